The maximum absolute atomic E-state index is 10.7. The van der Waals surface area contributed by atoms with Crippen molar-refractivity contribution in [3.05, 3.63) is 52.6 Å². The van der Waals surface area contributed by atoms with Gasteiger partial charge in [-0.25, -0.2) is 0 Å². The molecule has 0 saturated carbocycles. The topological polar surface area (TPSA) is 72.6 Å². The molecule has 18 heavy (non-hydrogen) atoms. The van der Waals surface area contributed by atoms with E-state index in [9.17, 15) is 15.2 Å². The Balaban J connectivity index is 2.51. The molecular weight excluding hydrogens is 234 g/mol. The number of phenolic OH excluding ortho intramolecular Hbond substituents is 1. The first-order valence-electron chi connectivity index (χ1n) is 5.23. The summed E-state index contributed by atoms with van der Waals surface area (Å²) in [5.74, 6) is 0.548. The van der Waals surface area contributed by atoms with Gasteiger partial charge in [0.05, 0.1) is 12.0 Å². The Morgan fingerprint density at radius 3 is 2.61 bits per heavy atom. The summed E-state index contributed by atoms with van der Waals surface area (Å²) in [6.07, 6.45) is 0. The van der Waals surface area contributed by atoms with Crippen molar-refractivity contribution in [2.75, 3.05) is 7.11 Å². The number of phenols is 1. The summed E-state index contributed by atoms with van der Waals surface area (Å²) in [6, 6.07) is 10.9. The van der Waals surface area contributed by atoms with Crippen LogP contribution >= 0.6 is 0 Å². The quantitative estimate of drug-likeness (QED) is 0.666. The fraction of sp³-hybridized carbons (Fsp3) is 0.0769. The van der Waals surface area contributed by atoms with E-state index in [0.717, 1.165) is 0 Å². The van der Waals surface area contributed by atoms with E-state index in [0.29, 0.717) is 16.9 Å². The average Bonchev–Trinajstić information content (AvgIpc) is 2.38. The number of rotatable bonds is 3. The zero-order chi connectivity index (χ0) is 13.1. The van der Waals surface area contributed by atoms with Crippen molar-refractivity contribution >= 4 is 5.69 Å². The van der Waals surface area contributed by atoms with Gasteiger partial charge in [-0.3, -0.25) is 10.1 Å². The Kier molecular flexibility index (Phi) is 3.14. The molecule has 1 N–H and O–H groups in total. The molecule has 0 aromatic heterocycles. The van der Waals surface area contributed by atoms with E-state index in [4.69, 9.17) is 4.74 Å². The molecule has 0 spiro atoms. The molecule has 0 unspecified atom stereocenters. The number of hydrogen-bond donors (Lipinski definition) is 1. The first-order chi connectivity index (χ1) is 8.60. The molecule has 0 heterocycles. The highest BCUT2D eigenvalue weighted by Crippen LogP contribution is 2.30. The largest absolute Gasteiger partial charge is 0.508 e. The van der Waals surface area contributed by atoms with Crippen LogP contribution in [0.25, 0.3) is 11.1 Å². The van der Waals surface area contributed by atoms with Gasteiger partial charge in [-0.15, -0.1) is 0 Å². The lowest BCUT2D eigenvalue weighted by molar-refractivity contribution is -0.384. The van der Waals surface area contributed by atoms with E-state index in [1.54, 1.807) is 18.2 Å². The summed E-state index contributed by atoms with van der Waals surface area (Å²) in [7, 11) is 1.49. The molecule has 2 aromatic rings. The highest BCUT2D eigenvalue weighted by atomic mass is 16.6. The van der Waals surface area contributed by atoms with Crippen LogP contribution in [0.15, 0.2) is 42.5 Å². The van der Waals surface area contributed by atoms with Gasteiger partial charge in [0, 0.05) is 18.2 Å². The number of nitro groups is 1. The smallest absolute Gasteiger partial charge is 0.270 e. The predicted molar refractivity (Wildman–Crippen MR) is 66.7 cm³/mol. The van der Waals surface area contributed by atoms with Crippen molar-refractivity contribution in [3.8, 4) is 22.6 Å². The fourth-order valence-electron chi connectivity index (χ4n) is 1.67. The third-order valence-corrected chi connectivity index (χ3v) is 2.52. The van der Waals surface area contributed by atoms with Crippen LogP contribution in [-0.4, -0.2) is 17.1 Å². The molecule has 2 aromatic carbocycles. The van der Waals surface area contributed by atoms with Crippen LogP contribution in [0.5, 0.6) is 11.5 Å². The van der Waals surface area contributed by atoms with Gasteiger partial charge in [0.15, 0.2) is 0 Å². The molecule has 5 heteroatoms. The number of ether oxygens (including phenoxy) is 1. The van der Waals surface area contributed by atoms with Crippen molar-refractivity contribution in [1.29, 1.82) is 0 Å². The van der Waals surface area contributed by atoms with Gasteiger partial charge in [-0.2, -0.15) is 0 Å². The molecular formula is C13H11NO4. The molecule has 2 rings (SSSR count). The fourth-order valence-corrected chi connectivity index (χ4v) is 1.67. The molecule has 0 atom stereocenters. The lowest BCUT2D eigenvalue weighted by Crippen LogP contribution is -1.89. The van der Waals surface area contributed by atoms with Crippen molar-refractivity contribution in [3.63, 3.8) is 0 Å². The van der Waals surface area contributed by atoms with Crippen LogP contribution < -0.4 is 4.74 Å². The summed E-state index contributed by atoms with van der Waals surface area (Å²) in [5, 5.41) is 20.3. The summed E-state index contributed by atoms with van der Waals surface area (Å²) in [5.41, 5.74) is 1.32. The number of nitrogens with zero attached hydrogens (tertiary/aromatic N) is 1. The van der Waals surface area contributed by atoms with Crippen molar-refractivity contribution in [2.24, 2.45) is 0 Å². The van der Waals surface area contributed by atoms with Gasteiger partial charge in [0.2, 0.25) is 0 Å². The monoisotopic (exact) mass is 245 g/mol. The third-order valence-electron chi connectivity index (χ3n) is 2.52. The number of benzene rings is 2. The van der Waals surface area contributed by atoms with E-state index >= 15 is 0 Å². The minimum atomic E-state index is -0.455. The van der Waals surface area contributed by atoms with Crippen LogP contribution in [0.1, 0.15) is 0 Å². The Bertz CT molecular complexity index is 595. The molecule has 0 aliphatic heterocycles. The number of hydrogen-bond acceptors (Lipinski definition) is 4. The molecule has 92 valence electrons. The summed E-state index contributed by atoms with van der Waals surface area (Å²) in [6.45, 7) is 0. The van der Waals surface area contributed by atoms with E-state index in [-0.39, 0.29) is 11.4 Å². The highest BCUT2D eigenvalue weighted by molar-refractivity contribution is 5.69. The standard InChI is InChI=1S/C13H11NO4/c1-18-13-7-10(6-12(15)8-13)9-3-2-4-11(5-9)14(16)17/h2-8,15H,1H3. The second-order valence-electron chi connectivity index (χ2n) is 3.73. The van der Waals surface area contributed by atoms with E-state index in [2.05, 4.69) is 0 Å². The van der Waals surface area contributed by atoms with Gasteiger partial charge < -0.3 is 9.84 Å². The Hall–Kier alpha value is -2.56. The molecule has 0 amide bonds. The van der Waals surface area contributed by atoms with Crippen LogP contribution in [-0.2, 0) is 0 Å². The second-order valence-corrected chi connectivity index (χ2v) is 3.73. The first-order valence-corrected chi connectivity index (χ1v) is 5.23. The van der Waals surface area contributed by atoms with Crippen molar-refractivity contribution < 1.29 is 14.8 Å². The maximum Gasteiger partial charge on any atom is 0.270 e. The minimum absolute atomic E-state index is 0.00908. The Morgan fingerprint density at radius 2 is 1.94 bits per heavy atom. The Labute approximate surface area is 103 Å². The molecule has 0 bridgehead atoms. The molecule has 0 aliphatic rings. The van der Waals surface area contributed by atoms with Gasteiger partial charge in [-0.05, 0) is 23.3 Å². The van der Waals surface area contributed by atoms with Crippen LogP contribution in [0.4, 0.5) is 5.69 Å². The third kappa shape index (κ3) is 2.40. The van der Waals surface area contributed by atoms with Gasteiger partial charge in [0.25, 0.3) is 5.69 Å². The highest BCUT2D eigenvalue weighted by Gasteiger charge is 2.08. The van der Waals surface area contributed by atoms with Crippen LogP contribution in [0.3, 0.4) is 0 Å². The van der Waals surface area contributed by atoms with E-state index in [1.165, 1.54) is 31.4 Å². The predicted octanol–water partition coefficient (Wildman–Crippen LogP) is 2.98. The lowest BCUT2D eigenvalue weighted by Gasteiger charge is -2.06. The van der Waals surface area contributed by atoms with Gasteiger partial charge >= 0.3 is 0 Å². The number of aromatic hydroxyl groups is 1. The minimum Gasteiger partial charge on any atom is -0.508 e. The maximum atomic E-state index is 10.7. The molecule has 0 saturated heterocycles. The summed E-state index contributed by atoms with van der Waals surface area (Å²) >= 11 is 0. The molecule has 0 aliphatic carbocycles. The van der Waals surface area contributed by atoms with Crippen LogP contribution in [0.2, 0.25) is 0 Å². The first kappa shape index (κ1) is 11.9. The van der Waals surface area contributed by atoms with Crippen molar-refractivity contribution in [2.45, 2.75) is 0 Å². The lowest BCUT2D eigenvalue weighted by atomic mass is 10.0. The van der Waals surface area contributed by atoms with Crippen LogP contribution in [0, 0.1) is 10.1 Å². The normalized spacial score (nSPS) is 10.1. The number of nitro benzene ring substituents is 1. The SMILES string of the molecule is COc1cc(O)cc(-c2cccc([N+](=O)[O-])c2)c1. The summed E-state index contributed by atoms with van der Waals surface area (Å²) < 4.78 is 5.04. The average molecular weight is 245 g/mol. The van der Waals surface area contributed by atoms with Gasteiger partial charge in [-0.1, -0.05) is 12.1 Å². The van der Waals surface area contributed by atoms with Gasteiger partial charge in [0.1, 0.15) is 11.5 Å². The number of non-ortho nitro benzene ring substituents is 1. The van der Waals surface area contributed by atoms with E-state index < -0.39 is 4.92 Å². The van der Waals surface area contributed by atoms with E-state index in [1.807, 2.05) is 0 Å². The zero-order valence-corrected chi connectivity index (χ0v) is 9.66. The molecule has 5 nitrogen and oxygen atoms in total. The number of methoxy groups -OCH3 is 1. The summed E-state index contributed by atoms with van der Waals surface area (Å²) in [4.78, 5) is 10.3. The zero-order valence-electron chi connectivity index (χ0n) is 9.66. The molecule has 0 fully saturated rings. The molecule has 0 radical (unpaired) electrons. The van der Waals surface area contributed by atoms with Crippen molar-refractivity contribution in [1.82, 2.24) is 0 Å². The second kappa shape index (κ2) is 4.75. The Morgan fingerprint density at radius 1 is 1.17 bits per heavy atom.